The first kappa shape index (κ1) is 75.3. The van der Waals surface area contributed by atoms with Gasteiger partial charge in [-0.2, -0.15) is 0 Å². The predicted molar refractivity (Wildman–Crippen MR) is 352 cm³/mol. The molecule has 1 N–H and O–H groups in total. The Morgan fingerprint density at radius 1 is 0.300 bits per heavy atom. The summed E-state index contributed by atoms with van der Waals surface area (Å²) >= 11 is 0. The molecule has 0 fully saturated rings. The summed E-state index contributed by atoms with van der Waals surface area (Å²) in [5, 5.41) is 9.68. The van der Waals surface area contributed by atoms with Gasteiger partial charge in [-0.05, 0) is 135 Å². The van der Waals surface area contributed by atoms with Gasteiger partial charge in [0, 0.05) is 12.8 Å². The molecule has 0 bridgehead atoms. The molecule has 80 heavy (non-hydrogen) atoms. The second-order valence-electron chi connectivity index (χ2n) is 21.1. The molecule has 0 heterocycles. The van der Waals surface area contributed by atoms with Crippen LogP contribution in [-0.2, 0) is 19.1 Å². The van der Waals surface area contributed by atoms with Crippen molar-refractivity contribution in [3.8, 4) is 0 Å². The average Bonchev–Trinajstić information content (AvgIpc) is 3.46. The number of unbranched alkanes of at least 4 members (excludes halogenated alkanes) is 22. The lowest BCUT2D eigenvalue weighted by atomic mass is 10.0. The highest BCUT2D eigenvalue weighted by atomic mass is 16.6. The van der Waals surface area contributed by atoms with Crippen molar-refractivity contribution in [3.05, 3.63) is 170 Å². The fraction of sp³-hybridized carbons (Fsp3) is 0.600. The number of carbonyl (C=O) groups excluding carboxylic acids is 2. The number of hydrogen-bond donors (Lipinski definition) is 1. The van der Waals surface area contributed by atoms with Crippen molar-refractivity contribution in [2.45, 2.75) is 277 Å². The first-order valence-electron chi connectivity index (χ1n) is 32.7. The summed E-state index contributed by atoms with van der Waals surface area (Å²) < 4.78 is 10.7. The molecule has 0 saturated heterocycles. The van der Waals surface area contributed by atoms with Crippen LogP contribution in [0.25, 0.3) is 0 Å². The van der Waals surface area contributed by atoms with Crippen LogP contribution in [0.5, 0.6) is 0 Å². The zero-order chi connectivity index (χ0) is 57.6. The number of carbonyl (C=O) groups is 2. The lowest BCUT2D eigenvalue weighted by Gasteiger charge is -2.15. The van der Waals surface area contributed by atoms with Gasteiger partial charge in [-0.25, -0.2) is 0 Å². The fourth-order valence-corrected chi connectivity index (χ4v) is 8.63. The highest BCUT2D eigenvalue weighted by molar-refractivity contribution is 5.70. The maximum Gasteiger partial charge on any atom is 0.306 e. The van der Waals surface area contributed by atoms with E-state index in [1.807, 2.05) is 0 Å². The normalized spacial score (nSPS) is 13.4. The summed E-state index contributed by atoms with van der Waals surface area (Å²) in [6, 6.07) is 0. The van der Waals surface area contributed by atoms with Gasteiger partial charge in [-0.15, -0.1) is 0 Å². The minimum Gasteiger partial charge on any atom is -0.462 e. The average molecular weight is 1100 g/mol. The summed E-state index contributed by atoms with van der Waals surface area (Å²) in [5.74, 6) is -0.637. The van der Waals surface area contributed by atoms with Crippen molar-refractivity contribution in [1.29, 1.82) is 0 Å². The van der Waals surface area contributed by atoms with Crippen LogP contribution in [0.3, 0.4) is 0 Å². The molecular formula is C75H120O5. The molecule has 5 heteroatoms. The Morgan fingerprint density at radius 2 is 0.537 bits per heavy atom. The highest BCUT2D eigenvalue weighted by Crippen LogP contribution is 2.15. The Labute approximate surface area is 493 Å². The maximum atomic E-state index is 12.3. The monoisotopic (exact) mass is 1100 g/mol. The number of aliphatic hydroxyl groups excluding tert-OH is 1. The predicted octanol–water partition coefficient (Wildman–Crippen LogP) is 22.9. The van der Waals surface area contributed by atoms with E-state index in [0.29, 0.717) is 12.8 Å². The van der Waals surface area contributed by atoms with Crippen molar-refractivity contribution in [2.24, 2.45) is 0 Å². The molecule has 0 aliphatic rings. The van der Waals surface area contributed by atoms with Crippen LogP contribution < -0.4 is 0 Å². The lowest BCUT2D eigenvalue weighted by Crippen LogP contribution is -2.28. The number of hydrogen-bond acceptors (Lipinski definition) is 5. The highest BCUT2D eigenvalue weighted by Gasteiger charge is 2.16. The minimum atomic E-state index is -0.804. The van der Waals surface area contributed by atoms with Crippen molar-refractivity contribution < 1.29 is 24.2 Å². The standard InChI is InChI=1S/C75H120O5/c1-3-5-7-9-11-13-15-17-19-21-23-25-27-29-31-33-34-35-36-37-38-39-40-42-44-46-48-50-52-54-56-58-60-62-64-66-68-70-75(78)80-73(71-76)72-79-74(77)69-67-65-63-61-59-57-55-53-51-49-47-45-43-41-32-30-28-26-24-22-20-18-16-14-12-10-8-6-4-2/h5,7,11,13,16-19,22-25,28-31,34-35,37-38,40,42,46,48,52,54,58,60,73,76H,3-4,6,8-10,12,14-15,20-21,26-27,32-33,36,39,41,43-45,47,49-51,53,55-57,59,61-72H2,1-2H3/b7-5-,13-11-,18-16-,19-17-,24-22-,25-23-,30-28-,31-29-,35-34-,38-37-,42-40-,48-46-,54-52-,60-58-. The third-order valence-electron chi connectivity index (χ3n) is 13.5. The number of aliphatic hydroxyl groups is 1. The summed E-state index contributed by atoms with van der Waals surface area (Å²) in [5.41, 5.74) is 0. The fourth-order valence-electron chi connectivity index (χ4n) is 8.63. The Morgan fingerprint density at radius 3 is 0.825 bits per heavy atom. The van der Waals surface area contributed by atoms with Gasteiger partial charge in [0.05, 0.1) is 6.61 Å². The molecule has 0 aromatic carbocycles. The first-order chi connectivity index (χ1) is 39.6. The van der Waals surface area contributed by atoms with E-state index in [1.165, 1.54) is 116 Å². The number of allylic oxidation sites excluding steroid dienone is 28. The molecule has 5 nitrogen and oxygen atoms in total. The van der Waals surface area contributed by atoms with E-state index in [1.54, 1.807) is 0 Å². The van der Waals surface area contributed by atoms with E-state index in [9.17, 15) is 14.7 Å². The quantitative estimate of drug-likeness (QED) is 0.0373. The summed E-state index contributed by atoms with van der Waals surface area (Å²) in [6.07, 6.45) is 106. The Balaban J connectivity index is 3.63. The van der Waals surface area contributed by atoms with Gasteiger partial charge in [0.2, 0.25) is 0 Å². The largest absolute Gasteiger partial charge is 0.462 e. The van der Waals surface area contributed by atoms with Gasteiger partial charge >= 0.3 is 11.9 Å². The van der Waals surface area contributed by atoms with Crippen LogP contribution in [0.1, 0.15) is 271 Å². The molecule has 0 aromatic rings. The zero-order valence-electron chi connectivity index (χ0n) is 51.5. The van der Waals surface area contributed by atoms with E-state index in [0.717, 1.165) is 128 Å². The van der Waals surface area contributed by atoms with Crippen LogP contribution in [0.15, 0.2) is 170 Å². The smallest absolute Gasteiger partial charge is 0.306 e. The van der Waals surface area contributed by atoms with Crippen LogP contribution >= 0.6 is 0 Å². The van der Waals surface area contributed by atoms with Crippen LogP contribution in [0.4, 0.5) is 0 Å². The molecule has 1 atom stereocenters. The van der Waals surface area contributed by atoms with Crippen LogP contribution in [-0.4, -0.2) is 36.4 Å². The van der Waals surface area contributed by atoms with E-state index >= 15 is 0 Å². The molecule has 0 amide bonds. The maximum absolute atomic E-state index is 12.3. The molecule has 1 unspecified atom stereocenters. The topological polar surface area (TPSA) is 72.8 Å². The third kappa shape index (κ3) is 65.8. The zero-order valence-corrected chi connectivity index (χ0v) is 51.5. The van der Waals surface area contributed by atoms with Crippen LogP contribution in [0, 0.1) is 0 Å². The minimum absolute atomic E-state index is 0.0897. The van der Waals surface area contributed by atoms with Crippen molar-refractivity contribution >= 4 is 11.9 Å². The summed E-state index contributed by atoms with van der Waals surface area (Å²) in [7, 11) is 0. The number of esters is 2. The van der Waals surface area contributed by atoms with Crippen LogP contribution in [0.2, 0.25) is 0 Å². The second-order valence-corrected chi connectivity index (χ2v) is 21.1. The molecule has 0 rings (SSSR count). The molecule has 0 radical (unpaired) electrons. The molecule has 0 aliphatic heterocycles. The first-order valence-corrected chi connectivity index (χ1v) is 32.7. The molecule has 0 aromatic heterocycles. The van der Waals surface area contributed by atoms with Gasteiger partial charge in [0.15, 0.2) is 6.10 Å². The molecule has 450 valence electrons. The third-order valence-corrected chi connectivity index (χ3v) is 13.5. The van der Waals surface area contributed by atoms with Gasteiger partial charge in [0.25, 0.3) is 0 Å². The van der Waals surface area contributed by atoms with Crippen molar-refractivity contribution in [3.63, 3.8) is 0 Å². The van der Waals surface area contributed by atoms with E-state index < -0.39 is 6.10 Å². The molecule has 0 aliphatic carbocycles. The molecule has 0 spiro atoms. The number of ether oxygens (including phenoxy) is 2. The van der Waals surface area contributed by atoms with Gasteiger partial charge in [-0.1, -0.05) is 293 Å². The van der Waals surface area contributed by atoms with E-state index in [4.69, 9.17) is 9.47 Å². The Bertz CT molecular complexity index is 1770. The van der Waals surface area contributed by atoms with Crippen molar-refractivity contribution in [2.75, 3.05) is 13.2 Å². The van der Waals surface area contributed by atoms with Gasteiger partial charge in [-0.3, -0.25) is 9.59 Å². The molecule has 0 saturated carbocycles. The van der Waals surface area contributed by atoms with Gasteiger partial charge in [0.1, 0.15) is 6.61 Å². The summed E-state index contributed by atoms with van der Waals surface area (Å²) in [4.78, 5) is 24.6. The SMILES string of the molecule is CC/C=C\C/C=C\C/C=C\C/C=C\C/C=C\C/C=C\C/C=C\C/C=C\C/C=C\C/C=C\C/C=C\CCCCCC(=O)OC(CO)COC(=O)CCCCCCCCCCCCCCCC/C=C\C/C=C\C/C=C\CCCCCCC. The molecular weight excluding hydrogens is 981 g/mol. The second kappa shape index (κ2) is 68.5. The Kier molecular flexibility index (Phi) is 64.5. The van der Waals surface area contributed by atoms with Gasteiger partial charge < -0.3 is 14.6 Å². The lowest BCUT2D eigenvalue weighted by molar-refractivity contribution is -0.161. The van der Waals surface area contributed by atoms with E-state index in [-0.39, 0.29) is 25.2 Å². The Hall–Kier alpha value is -4.74. The van der Waals surface area contributed by atoms with E-state index in [2.05, 4.69) is 184 Å². The summed E-state index contributed by atoms with van der Waals surface area (Å²) in [6.45, 7) is 3.99. The number of rotatable bonds is 58. The van der Waals surface area contributed by atoms with Crippen molar-refractivity contribution in [1.82, 2.24) is 0 Å².